The molecular weight excluding hydrogens is 224 g/mol. The second kappa shape index (κ2) is 3.84. The fourth-order valence-corrected chi connectivity index (χ4v) is 2.14. The zero-order chi connectivity index (χ0) is 12.7. The van der Waals surface area contributed by atoms with Crippen molar-refractivity contribution in [1.82, 2.24) is 14.6 Å². The second-order valence-corrected chi connectivity index (χ2v) is 4.46. The van der Waals surface area contributed by atoms with Crippen molar-refractivity contribution < 1.29 is 0 Å². The molecule has 1 aromatic carbocycles. The first kappa shape index (κ1) is 10.8. The number of aryl methyl sites for hydroxylation is 1. The molecule has 18 heavy (non-hydrogen) atoms. The van der Waals surface area contributed by atoms with Crippen LogP contribution in [0.3, 0.4) is 0 Å². The van der Waals surface area contributed by atoms with E-state index in [1.165, 1.54) is 5.56 Å². The van der Waals surface area contributed by atoms with Gasteiger partial charge in [-0.05, 0) is 49.2 Å². The van der Waals surface area contributed by atoms with E-state index >= 15 is 0 Å². The number of nitrogens with two attached hydrogens (primary N) is 1. The summed E-state index contributed by atoms with van der Waals surface area (Å²) < 4.78 is 1.97. The highest BCUT2D eigenvalue weighted by Crippen LogP contribution is 2.27. The lowest BCUT2D eigenvalue weighted by atomic mass is 10.0. The van der Waals surface area contributed by atoms with Crippen LogP contribution in [0.1, 0.15) is 11.1 Å². The molecule has 0 bridgehead atoms. The Bertz CT molecular complexity index is 728. The third-order valence-electron chi connectivity index (χ3n) is 3.24. The summed E-state index contributed by atoms with van der Waals surface area (Å²) in [5.41, 5.74) is 10.9. The van der Waals surface area contributed by atoms with E-state index in [0.29, 0.717) is 0 Å². The summed E-state index contributed by atoms with van der Waals surface area (Å²) in [6.07, 6.45) is 1.96. The van der Waals surface area contributed by atoms with Gasteiger partial charge in [-0.1, -0.05) is 6.07 Å². The molecule has 0 unspecified atom stereocenters. The van der Waals surface area contributed by atoms with Crippen LogP contribution in [-0.4, -0.2) is 14.6 Å². The Labute approximate surface area is 105 Å². The van der Waals surface area contributed by atoms with E-state index in [-0.39, 0.29) is 0 Å². The van der Waals surface area contributed by atoms with Gasteiger partial charge in [0, 0.05) is 17.4 Å². The van der Waals surface area contributed by atoms with Crippen molar-refractivity contribution in [1.29, 1.82) is 0 Å². The van der Waals surface area contributed by atoms with Crippen molar-refractivity contribution in [2.24, 2.45) is 0 Å². The molecule has 2 heterocycles. The summed E-state index contributed by atoms with van der Waals surface area (Å²) in [5.74, 6) is 0.832. The molecule has 4 nitrogen and oxygen atoms in total. The molecule has 0 aliphatic heterocycles. The molecule has 0 saturated heterocycles. The van der Waals surface area contributed by atoms with E-state index in [1.807, 2.05) is 40.9 Å². The van der Waals surface area contributed by atoms with Gasteiger partial charge >= 0.3 is 0 Å². The smallest absolute Gasteiger partial charge is 0.168 e. The minimum Gasteiger partial charge on any atom is -0.399 e. The first-order valence-corrected chi connectivity index (χ1v) is 5.83. The summed E-state index contributed by atoms with van der Waals surface area (Å²) >= 11 is 0. The Kier molecular flexibility index (Phi) is 2.30. The molecule has 0 aliphatic carbocycles. The lowest BCUT2D eigenvalue weighted by molar-refractivity contribution is 1.10. The van der Waals surface area contributed by atoms with Gasteiger partial charge in [-0.2, -0.15) is 0 Å². The topological polar surface area (TPSA) is 56.2 Å². The first-order valence-electron chi connectivity index (χ1n) is 5.83. The number of rotatable bonds is 1. The minimum atomic E-state index is 0.751. The van der Waals surface area contributed by atoms with Crippen LogP contribution in [0.5, 0.6) is 0 Å². The van der Waals surface area contributed by atoms with Crippen molar-refractivity contribution in [2.45, 2.75) is 13.8 Å². The van der Waals surface area contributed by atoms with Crippen molar-refractivity contribution >= 4 is 11.3 Å². The van der Waals surface area contributed by atoms with Gasteiger partial charge in [0.1, 0.15) is 0 Å². The number of hydrogen-bond acceptors (Lipinski definition) is 3. The molecule has 2 aromatic heterocycles. The minimum absolute atomic E-state index is 0.751. The van der Waals surface area contributed by atoms with Crippen molar-refractivity contribution in [3.05, 3.63) is 47.7 Å². The molecule has 3 rings (SSSR count). The Hall–Kier alpha value is -2.36. The third-order valence-corrected chi connectivity index (χ3v) is 3.24. The lowest BCUT2D eigenvalue weighted by Gasteiger charge is -2.08. The molecule has 0 amide bonds. The summed E-state index contributed by atoms with van der Waals surface area (Å²) in [7, 11) is 0. The fourth-order valence-electron chi connectivity index (χ4n) is 2.14. The van der Waals surface area contributed by atoms with Crippen molar-refractivity contribution in [3.63, 3.8) is 0 Å². The van der Waals surface area contributed by atoms with Crippen LogP contribution in [0.4, 0.5) is 5.69 Å². The Morgan fingerprint density at radius 3 is 2.78 bits per heavy atom. The van der Waals surface area contributed by atoms with Gasteiger partial charge in [-0.15, -0.1) is 10.2 Å². The van der Waals surface area contributed by atoms with Crippen LogP contribution in [-0.2, 0) is 0 Å². The molecule has 4 heteroatoms. The normalized spacial score (nSPS) is 11.0. The van der Waals surface area contributed by atoms with Crippen LogP contribution in [0, 0.1) is 13.8 Å². The van der Waals surface area contributed by atoms with Gasteiger partial charge in [0.05, 0.1) is 0 Å². The molecule has 3 aromatic rings. The molecule has 0 radical (unpaired) electrons. The van der Waals surface area contributed by atoms with Gasteiger partial charge in [0.25, 0.3) is 0 Å². The largest absolute Gasteiger partial charge is 0.399 e. The average Bonchev–Trinajstić information content (AvgIpc) is 2.77. The highest BCUT2D eigenvalue weighted by Gasteiger charge is 2.11. The Morgan fingerprint density at radius 2 is 1.94 bits per heavy atom. The van der Waals surface area contributed by atoms with E-state index in [1.54, 1.807) is 0 Å². The summed E-state index contributed by atoms with van der Waals surface area (Å²) in [6, 6.07) is 9.78. The molecule has 0 aliphatic rings. The van der Waals surface area contributed by atoms with Crippen LogP contribution in [0.2, 0.25) is 0 Å². The Morgan fingerprint density at radius 1 is 1.11 bits per heavy atom. The standard InChI is InChI=1S/C14H14N4/c1-9-7-11(15)8-12(10(9)2)14-17-16-13-5-3-4-6-18(13)14/h3-8H,15H2,1-2H3. The fraction of sp³-hybridized carbons (Fsp3) is 0.143. The van der Waals surface area contributed by atoms with Gasteiger partial charge in [-0.25, -0.2) is 0 Å². The lowest BCUT2D eigenvalue weighted by Crippen LogP contribution is -1.96. The average molecular weight is 238 g/mol. The Balaban J connectivity index is 2.33. The zero-order valence-electron chi connectivity index (χ0n) is 10.4. The van der Waals surface area contributed by atoms with E-state index in [2.05, 4.69) is 24.0 Å². The van der Waals surface area contributed by atoms with Crippen LogP contribution >= 0.6 is 0 Å². The maximum atomic E-state index is 5.92. The third kappa shape index (κ3) is 1.54. The highest BCUT2D eigenvalue weighted by molar-refractivity contribution is 5.69. The monoisotopic (exact) mass is 238 g/mol. The maximum absolute atomic E-state index is 5.92. The molecule has 0 spiro atoms. The van der Waals surface area contributed by atoms with Crippen LogP contribution in [0.15, 0.2) is 36.5 Å². The molecule has 2 N–H and O–H groups in total. The highest BCUT2D eigenvalue weighted by atomic mass is 15.2. The van der Waals surface area contributed by atoms with Crippen LogP contribution < -0.4 is 5.73 Å². The molecule has 0 saturated carbocycles. The van der Waals surface area contributed by atoms with Crippen molar-refractivity contribution in [2.75, 3.05) is 5.73 Å². The summed E-state index contributed by atoms with van der Waals surface area (Å²) in [5, 5.41) is 8.43. The van der Waals surface area contributed by atoms with Crippen LogP contribution in [0.25, 0.3) is 17.0 Å². The van der Waals surface area contributed by atoms with Gasteiger partial charge in [0.15, 0.2) is 11.5 Å². The van der Waals surface area contributed by atoms with E-state index < -0.39 is 0 Å². The molecule has 0 fully saturated rings. The van der Waals surface area contributed by atoms with E-state index in [0.717, 1.165) is 28.3 Å². The molecule has 90 valence electrons. The van der Waals surface area contributed by atoms with Gasteiger partial charge in [0.2, 0.25) is 0 Å². The summed E-state index contributed by atoms with van der Waals surface area (Å²) in [6.45, 7) is 4.13. The van der Waals surface area contributed by atoms with E-state index in [4.69, 9.17) is 5.73 Å². The zero-order valence-corrected chi connectivity index (χ0v) is 10.4. The quantitative estimate of drug-likeness (QED) is 0.663. The van der Waals surface area contributed by atoms with Gasteiger partial charge < -0.3 is 5.73 Å². The number of anilines is 1. The number of benzene rings is 1. The predicted octanol–water partition coefficient (Wildman–Crippen LogP) is 2.60. The number of fused-ring (bicyclic) bond motifs is 1. The van der Waals surface area contributed by atoms with E-state index in [9.17, 15) is 0 Å². The maximum Gasteiger partial charge on any atom is 0.168 e. The van der Waals surface area contributed by atoms with Gasteiger partial charge in [-0.3, -0.25) is 4.40 Å². The number of hydrogen-bond donors (Lipinski definition) is 1. The molecule has 0 atom stereocenters. The number of pyridine rings is 1. The van der Waals surface area contributed by atoms with Crippen molar-refractivity contribution in [3.8, 4) is 11.4 Å². The number of nitrogen functional groups attached to an aromatic ring is 1. The summed E-state index contributed by atoms with van der Waals surface area (Å²) in [4.78, 5) is 0. The second-order valence-electron chi connectivity index (χ2n) is 4.46. The molecular formula is C14H14N4. The SMILES string of the molecule is Cc1cc(N)cc(-c2nnc3ccccn23)c1C. The first-order chi connectivity index (χ1) is 8.66. The number of nitrogens with zero attached hydrogens (tertiary/aromatic N) is 3. The predicted molar refractivity (Wildman–Crippen MR) is 72.3 cm³/mol. The number of aromatic nitrogens is 3.